The van der Waals surface area contributed by atoms with Crippen molar-refractivity contribution in [3.63, 3.8) is 0 Å². The summed E-state index contributed by atoms with van der Waals surface area (Å²) in [5.41, 5.74) is 2.63. The summed E-state index contributed by atoms with van der Waals surface area (Å²) in [4.78, 5) is 0. The Morgan fingerprint density at radius 1 is 0.760 bits per heavy atom. The molecule has 2 atom stereocenters. The first-order chi connectivity index (χ1) is 12.3. The number of epoxide rings is 2. The molecule has 4 rings (SSSR count). The predicted octanol–water partition coefficient (Wildman–Crippen LogP) is 3.42. The second-order valence-electron chi connectivity index (χ2n) is 6.68. The molecule has 0 aromatic heterocycles. The van der Waals surface area contributed by atoms with Gasteiger partial charge in [-0.1, -0.05) is 24.3 Å². The third-order valence-electron chi connectivity index (χ3n) is 4.40. The van der Waals surface area contributed by atoms with Gasteiger partial charge in [0, 0.05) is 0 Å². The highest BCUT2D eigenvalue weighted by atomic mass is 16.6. The van der Waals surface area contributed by atoms with Crippen LogP contribution in [0.4, 0.5) is 0 Å². The van der Waals surface area contributed by atoms with Gasteiger partial charge < -0.3 is 18.9 Å². The Morgan fingerprint density at radius 2 is 1.24 bits per heavy atom. The minimum Gasteiger partial charge on any atom is -0.491 e. The first-order valence-corrected chi connectivity index (χ1v) is 9.02. The van der Waals surface area contributed by atoms with E-state index in [1.165, 1.54) is 11.1 Å². The molecule has 4 heteroatoms. The summed E-state index contributed by atoms with van der Waals surface area (Å²) < 4.78 is 21.9. The zero-order valence-electron chi connectivity index (χ0n) is 14.4. The Bertz CT molecular complexity index is 632. The van der Waals surface area contributed by atoms with Crippen LogP contribution >= 0.6 is 0 Å². The van der Waals surface area contributed by atoms with Gasteiger partial charge in [-0.15, -0.1) is 0 Å². The van der Waals surface area contributed by atoms with E-state index < -0.39 is 0 Å². The minimum atomic E-state index is 0.296. The fourth-order valence-electron chi connectivity index (χ4n) is 2.79. The maximum atomic E-state index is 5.75. The number of aryl methyl sites for hydroxylation is 2. The van der Waals surface area contributed by atoms with Gasteiger partial charge in [-0.25, -0.2) is 0 Å². The molecule has 2 saturated heterocycles. The van der Waals surface area contributed by atoms with Crippen LogP contribution in [0.1, 0.15) is 17.5 Å². The summed E-state index contributed by atoms with van der Waals surface area (Å²) in [6, 6.07) is 16.7. The molecule has 2 fully saturated rings. The van der Waals surface area contributed by atoms with Crippen LogP contribution in [-0.2, 0) is 22.3 Å². The van der Waals surface area contributed by atoms with Crippen molar-refractivity contribution in [1.29, 1.82) is 0 Å². The van der Waals surface area contributed by atoms with E-state index in [0.717, 1.165) is 44.0 Å². The summed E-state index contributed by atoms with van der Waals surface area (Å²) in [6.45, 7) is 2.97. The first-order valence-electron chi connectivity index (χ1n) is 9.02. The van der Waals surface area contributed by atoms with E-state index in [9.17, 15) is 0 Å². The molecule has 0 spiro atoms. The molecule has 4 nitrogen and oxygen atoms in total. The molecule has 2 heterocycles. The number of hydrogen-bond donors (Lipinski definition) is 0. The molecule has 0 N–H and O–H groups in total. The molecule has 2 aromatic carbocycles. The summed E-state index contributed by atoms with van der Waals surface area (Å²) in [6.07, 6.45) is 3.77. The highest BCUT2D eigenvalue weighted by Gasteiger charge is 2.23. The van der Waals surface area contributed by atoms with Crippen LogP contribution < -0.4 is 9.47 Å². The molecular formula is C21H24O4. The Balaban J connectivity index is 1.24. The predicted molar refractivity (Wildman–Crippen MR) is 95.4 cm³/mol. The van der Waals surface area contributed by atoms with Crippen LogP contribution in [0.15, 0.2) is 48.5 Å². The summed E-state index contributed by atoms with van der Waals surface area (Å²) in [5, 5.41) is 0. The van der Waals surface area contributed by atoms with Gasteiger partial charge in [0.25, 0.3) is 0 Å². The van der Waals surface area contributed by atoms with Gasteiger partial charge in [-0.05, 0) is 54.7 Å². The summed E-state index contributed by atoms with van der Waals surface area (Å²) in [5.74, 6) is 1.87. The molecule has 2 unspecified atom stereocenters. The SMILES string of the molecule is c1cc(CCCc2cccc(OCC3CO3)c2)cc(OCC2CO2)c1. The van der Waals surface area contributed by atoms with Crippen molar-refractivity contribution in [2.24, 2.45) is 0 Å². The lowest BCUT2D eigenvalue weighted by Crippen LogP contribution is -2.04. The van der Waals surface area contributed by atoms with Gasteiger partial charge in [0.2, 0.25) is 0 Å². The van der Waals surface area contributed by atoms with Gasteiger partial charge in [-0.2, -0.15) is 0 Å². The van der Waals surface area contributed by atoms with Gasteiger partial charge in [0.05, 0.1) is 13.2 Å². The lowest BCUT2D eigenvalue weighted by molar-refractivity contribution is 0.263. The van der Waals surface area contributed by atoms with E-state index in [-0.39, 0.29) is 0 Å². The van der Waals surface area contributed by atoms with Crippen molar-refractivity contribution < 1.29 is 18.9 Å². The Kier molecular flexibility index (Phi) is 5.19. The third-order valence-corrected chi connectivity index (χ3v) is 4.40. The lowest BCUT2D eigenvalue weighted by Gasteiger charge is -2.08. The third kappa shape index (κ3) is 5.48. The number of rotatable bonds is 10. The van der Waals surface area contributed by atoms with E-state index >= 15 is 0 Å². The molecule has 0 bridgehead atoms. The second kappa shape index (κ2) is 7.89. The van der Waals surface area contributed by atoms with E-state index in [1.54, 1.807) is 0 Å². The Hall–Kier alpha value is -2.04. The number of ether oxygens (including phenoxy) is 4. The van der Waals surface area contributed by atoms with E-state index in [4.69, 9.17) is 18.9 Å². The molecule has 2 aliphatic heterocycles. The van der Waals surface area contributed by atoms with Crippen LogP contribution in [-0.4, -0.2) is 38.6 Å². The van der Waals surface area contributed by atoms with E-state index in [1.807, 2.05) is 12.1 Å². The van der Waals surface area contributed by atoms with Crippen molar-refractivity contribution in [2.45, 2.75) is 31.5 Å². The molecule has 132 valence electrons. The fraction of sp³-hybridized carbons (Fsp3) is 0.429. The quantitative estimate of drug-likeness (QED) is 0.622. The van der Waals surface area contributed by atoms with Crippen molar-refractivity contribution >= 4 is 0 Å². The Morgan fingerprint density at radius 3 is 1.68 bits per heavy atom. The zero-order valence-corrected chi connectivity index (χ0v) is 14.4. The zero-order chi connectivity index (χ0) is 16.9. The van der Waals surface area contributed by atoms with Crippen molar-refractivity contribution in [3.8, 4) is 11.5 Å². The molecule has 0 aliphatic carbocycles. The van der Waals surface area contributed by atoms with Gasteiger partial charge in [0.15, 0.2) is 0 Å². The van der Waals surface area contributed by atoms with Crippen LogP contribution in [0.3, 0.4) is 0 Å². The van der Waals surface area contributed by atoms with Gasteiger partial charge in [-0.3, -0.25) is 0 Å². The monoisotopic (exact) mass is 340 g/mol. The average molecular weight is 340 g/mol. The molecule has 2 aliphatic rings. The van der Waals surface area contributed by atoms with Gasteiger partial charge in [0.1, 0.15) is 36.9 Å². The number of hydrogen-bond acceptors (Lipinski definition) is 4. The molecule has 0 saturated carbocycles. The lowest BCUT2D eigenvalue weighted by atomic mass is 10.0. The van der Waals surface area contributed by atoms with Crippen LogP contribution in [0, 0.1) is 0 Å². The van der Waals surface area contributed by atoms with E-state index in [2.05, 4.69) is 36.4 Å². The van der Waals surface area contributed by atoms with Gasteiger partial charge >= 0.3 is 0 Å². The highest BCUT2D eigenvalue weighted by Crippen LogP contribution is 2.20. The van der Waals surface area contributed by atoms with Crippen molar-refractivity contribution in [1.82, 2.24) is 0 Å². The summed E-state index contributed by atoms with van der Waals surface area (Å²) in [7, 11) is 0. The van der Waals surface area contributed by atoms with Crippen LogP contribution in [0.25, 0.3) is 0 Å². The maximum Gasteiger partial charge on any atom is 0.119 e. The highest BCUT2D eigenvalue weighted by molar-refractivity contribution is 5.30. The largest absolute Gasteiger partial charge is 0.491 e. The van der Waals surface area contributed by atoms with Crippen molar-refractivity contribution in [3.05, 3.63) is 59.7 Å². The molecule has 0 amide bonds. The maximum absolute atomic E-state index is 5.75. The fourth-order valence-corrected chi connectivity index (χ4v) is 2.79. The topological polar surface area (TPSA) is 43.5 Å². The average Bonchev–Trinajstić information content (AvgIpc) is 3.54. The first kappa shape index (κ1) is 16.4. The van der Waals surface area contributed by atoms with Crippen LogP contribution in [0.5, 0.6) is 11.5 Å². The molecule has 0 radical (unpaired) electrons. The van der Waals surface area contributed by atoms with E-state index in [0.29, 0.717) is 25.4 Å². The molecule has 25 heavy (non-hydrogen) atoms. The number of benzene rings is 2. The minimum absolute atomic E-state index is 0.296. The second-order valence-corrected chi connectivity index (χ2v) is 6.68. The van der Waals surface area contributed by atoms with Crippen LogP contribution in [0.2, 0.25) is 0 Å². The van der Waals surface area contributed by atoms with Crippen molar-refractivity contribution in [2.75, 3.05) is 26.4 Å². The molecule has 2 aromatic rings. The molecular weight excluding hydrogens is 316 g/mol. The standard InChI is InChI=1S/C21H24O4/c1(4-16-6-2-8-18(10-16)22-12-20-14-24-20)5-17-7-3-9-19(11-17)23-13-21-15-25-21/h2-3,6-11,20-21H,1,4-5,12-15H2. The smallest absolute Gasteiger partial charge is 0.119 e. The summed E-state index contributed by atoms with van der Waals surface area (Å²) >= 11 is 0. The normalized spacial score (nSPS) is 21.0. The Labute approximate surface area is 148 Å².